The predicted molar refractivity (Wildman–Crippen MR) is 56.6 cm³/mol. The molecule has 1 rings (SSSR count). The molecule has 0 saturated carbocycles. The van der Waals surface area contributed by atoms with E-state index in [1.165, 1.54) is 5.75 Å². The van der Waals surface area contributed by atoms with Crippen molar-refractivity contribution >= 4 is 17.7 Å². The number of rotatable bonds is 5. The summed E-state index contributed by atoms with van der Waals surface area (Å²) in [5, 5.41) is 17.9. The highest BCUT2D eigenvalue weighted by molar-refractivity contribution is 7.99. The molecular weight excluding hydrogens is 202 g/mol. The Morgan fingerprint density at radius 2 is 2.43 bits per heavy atom. The summed E-state index contributed by atoms with van der Waals surface area (Å²) in [4.78, 5) is 12.4. The lowest BCUT2D eigenvalue weighted by molar-refractivity contribution is -0.139. The van der Waals surface area contributed by atoms with Crippen LogP contribution < -0.4 is 0 Å². The van der Waals surface area contributed by atoms with E-state index in [-0.39, 0.29) is 6.42 Å². The summed E-state index contributed by atoms with van der Waals surface area (Å²) >= 11 is 1.91. The van der Waals surface area contributed by atoms with Gasteiger partial charge >= 0.3 is 5.97 Å². The smallest absolute Gasteiger partial charge is 0.306 e. The Hall–Kier alpha value is -0.260. The molecule has 2 atom stereocenters. The predicted octanol–water partition coefficient (Wildman–Crippen LogP) is 0.259. The number of carboxylic acid groups (broad SMARTS) is 1. The van der Waals surface area contributed by atoms with Crippen LogP contribution in [0.3, 0.4) is 0 Å². The largest absolute Gasteiger partial charge is 0.481 e. The van der Waals surface area contributed by atoms with Gasteiger partial charge in [-0.25, -0.2) is 0 Å². The first-order valence-corrected chi connectivity index (χ1v) is 5.93. The zero-order valence-electron chi connectivity index (χ0n) is 8.35. The van der Waals surface area contributed by atoms with Crippen LogP contribution in [-0.4, -0.2) is 58.3 Å². The summed E-state index contributed by atoms with van der Waals surface area (Å²) in [6.45, 7) is 0.456. The quantitative estimate of drug-likeness (QED) is 0.694. The van der Waals surface area contributed by atoms with E-state index >= 15 is 0 Å². The summed E-state index contributed by atoms with van der Waals surface area (Å²) in [5.41, 5.74) is 0. The molecule has 4 nitrogen and oxygen atoms in total. The van der Waals surface area contributed by atoms with Crippen molar-refractivity contribution in [1.29, 1.82) is 0 Å². The van der Waals surface area contributed by atoms with Crippen molar-refractivity contribution in [2.75, 3.05) is 25.1 Å². The summed E-state index contributed by atoms with van der Waals surface area (Å²) in [7, 11) is 1.95. The van der Waals surface area contributed by atoms with Crippen LogP contribution in [0.5, 0.6) is 0 Å². The van der Waals surface area contributed by atoms with Gasteiger partial charge in [0.2, 0.25) is 0 Å². The Bertz CT molecular complexity index is 194. The summed E-state index contributed by atoms with van der Waals surface area (Å²) in [6.07, 6.45) is 0.230. The van der Waals surface area contributed by atoms with Gasteiger partial charge in [0.25, 0.3) is 0 Å². The molecule has 0 aromatic carbocycles. The SMILES string of the molecule is CN(CC(O)CC(=O)O)C1CCSC1. The van der Waals surface area contributed by atoms with Crippen LogP contribution in [-0.2, 0) is 4.79 Å². The lowest BCUT2D eigenvalue weighted by Gasteiger charge is -2.25. The van der Waals surface area contributed by atoms with Gasteiger partial charge in [-0.2, -0.15) is 11.8 Å². The molecule has 1 heterocycles. The second kappa shape index (κ2) is 5.58. The normalized spacial score (nSPS) is 24.1. The minimum absolute atomic E-state index is 0.162. The number of hydrogen-bond donors (Lipinski definition) is 2. The van der Waals surface area contributed by atoms with E-state index < -0.39 is 12.1 Å². The van der Waals surface area contributed by atoms with E-state index in [0.717, 1.165) is 12.2 Å². The highest BCUT2D eigenvalue weighted by Gasteiger charge is 2.22. The number of carboxylic acids is 1. The van der Waals surface area contributed by atoms with Gasteiger partial charge in [-0.3, -0.25) is 9.69 Å². The van der Waals surface area contributed by atoms with E-state index in [4.69, 9.17) is 5.11 Å². The van der Waals surface area contributed by atoms with Crippen LogP contribution in [0.2, 0.25) is 0 Å². The highest BCUT2D eigenvalue weighted by atomic mass is 32.2. The molecule has 0 aromatic heterocycles. The van der Waals surface area contributed by atoms with Crippen molar-refractivity contribution < 1.29 is 15.0 Å². The van der Waals surface area contributed by atoms with Gasteiger partial charge < -0.3 is 10.2 Å². The second-order valence-electron chi connectivity index (χ2n) is 3.71. The number of hydrogen-bond acceptors (Lipinski definition) is 4. The zero-order chi connectivity index (χ0) is 10.6. The molecule has 0 aromatic rings. The van der Waals surface area contributed by atoms with Crippen molar-refractivity contribution in [1.82, 2.24) is 4.90 Å². The maximum atomic E-state index is 10.3. The van der Waals surface area contributed by atoms with E-state index in [1.54, 1.807) is 0 Å². The molecule has 1 aliphatic heterocycles. The number of aliphatic hydroxyl groups is 1. The van der Waals surface area contributed by atoms with Crippen LogP contribution in [0.15, 0.2) is 0 Å². The highest BCUT2D eigenvalue weighted by Crippen LogP contribution is 2.21. The van der Waals surface area contributed by atoms with Crippen LogP contribution in [0.4, 0.5) is 0 Å². The lowest BCUT2D eigenvalue weighted by Crippen LogP contribution is -2.38. The number of thioether (sulfide) groups is 1. The van der Waals surface area contributed by atoms with Gasteiger partial charge in [0.1, 0.15) is 0 Å². The molecule has 82 valence electrons. The Labute approximate surface area is 88.3 Å². The summed E-state index contributed by atoms with van der Waals surface area (Å²) in [5.74, 6) is 1.33. The molecule has 0 radical (unpaired) electrons. The molecule has 1 saturated heterocycles. The first-order chi connectivity index (χ1) is 6.59. The molecule has 14 heavy (non-hydrogen) atoms. The van der Waals surface area contributed by atoms with Crippen molar-refractivity contribution in [3.8, 4) is 0 Å². The maximum Gasteiger partial charge on any atom is 0.306 e. The number of aliphatic hydroxyl groups excluding tert-OH is 1. The van der Waals surface area contributed by atoms with E-state index in [0.29, 0.717) is 12.6 Å². The molecule has 0 bridgehead atoms. The molecule has 1 aliphatic rings. The van der Waals surface area contributed by atoms with E-state index in [2.05, 4.69) is 4.90 Å². The number of likely N-dealkylation sites (N-methyl/N-ethyl adjacent to an activating group) is 1. The Balaban J connectivity index is 2.24. The summed E-state index contributed by atoms with van der Waals surface area (Å²) < 4.78 is 0. The van der Waals surface area contributed by atoms with Crippen molar-refractivity contribution in [2.45, 2.75) is 25.0 Å². The van der Waals surface area contributed by atoms with Crippen LogP contribution in [0, 0.1) is 0 Å². The average Bonchev–Trinajstić information content (AvgIpc) is 2.53. The Morgan fingerprint density at radius 3 is 2.93 bits per heavy atom. The van der Waals surface area contributed by atoms with Crippen LogP contribution >= 0.6 is 11.8 Å². The monoisotopic (exact) mass is 219 g/mol. The summed E-state index contributed by atoms with van der Waals surface area (Å²) in [6, 6.07) is 0.503. The molecule has 0 spiro atoms. The van der Waals surface area contributed by atoms with E-state index in [1.807, 2.05) is 18.8 Å². The van der Waals surface area contributed by atoms with Gasteiger partial charge in [0.15, 0.2) is 0 Å². The second-order valence-corrected chi connectivity index (χ2v) is 4.86. The number of carbonyl (C=O) groups is 1. The standard InChI is InChI=1S/C9H17NO3S/c1-10(7-2-3-14-6-7)5-8(11)4-9(12)13/h7-8,11H,2-6H2,1H3,(H,12,13). The third-order valence-corrected chi connectivity index (χ3v) is 3.58. The first kappa shape index (κ1) is 11.8. The van der Waals surface area contributed by atoms with Gasteiger partial charge in [-0.15, -0.1) is 0 Å². The van der Waals surface area contributed by atoms with Gasteiger partial charge in [-0.1, -0.05) is 0 Å². The molecule has 0 aliphatic carbocycles. The maximum absolute atomic E-state index is 10.3. The fourth-order valence-electron chi connectivity index (χ4n) is 1.62. The Kier molecular flexibility index (Phi) is 4.71. The minimum atomic E-state index is -0.938. The fraction of sp³-hybridized carbons (Fsp3) is 0.889. The fourth-order valence-corrected chi connectivity index (χ4v) is 2.92. The van der Waals surface area contributed by atoms with Crippen molar-refractivity contribution in [2.24, 2.45) is 0 Å². The van der Waals surface area contributed by atoms with Crippen LogP contribution in [0.25, 0.3) is 0 Å². The van der Waals surface area contributed by atoms with Crippen molar-refractivity contribution in [3.63, 3.8) is 0 Å². The molecular formula is C9H17NO3S. The first-order valence-electron chi connectivity index (χ1n) is 4.77. The van der Waals surface area contributed by atoms with E-state index in [9.17, 15) is 9.90 Å². The Morgan fingerprint density at radius 1 is 1.71 bits per heavy atom. The molecule has 1 fully saturated rings. The topological polar surface area (TPSA) is 60.8 Å². The lowest BCUT2D eigenvalue weighted by atomic mass is 10.2. The van der Waals surface area contributed by atoms with Gasteiger partial charge in [0.05, 0.1) is 12.5 Å². The van der Waals surface area contributed by atoms with Crippen molar-refractivity contribution in [3.05, 3.63) is 0 Å². The van der Waals surface area contributed by atoms with Crippen LogP contribution in [0.1, 0.15) is 12.8 Å². The minimum Gasteiger partial charge on any atom is -0.481 e. The van der Waals surface area contributed by atoms with Gasteiger partial charge in [-0.05, 0) is 19.2 Å². The third kappa shape index (κ3) is 3.86. The molecule has 0 amide bonds. The molecule has 2 N–H and O–H groups in total. The number of nitrogens with zero attached hydrogens (tertiary/aromatic N) is 1. The zero-order valence-corrected chi connectivity index (χ0v) is 9.16. The molecule has 5 heteroatoms. The van der Waals surface area contributed by atoms with Gasteiger partial charge in [0, 0.05) is 18.3 Å². The number of aliphatic carboxylic acids is 1. The molecule has 2 unspecified atom stereocenters. The third-order valence-electron chi connectivity index (χ3n) is 2.44. The average molecular weight is 219 g/mol.